The highest BCUT2D eigenvalue weighted by atomic mass is 16.5. The number of benzene rings is 1. The number of piperidine rings is 1. The number of phenols is 1. The molecular formula is C14H18N2O4. The summed E-state index contributed by atoms with van der Waals surface area (Å²) in [6.45, 7) is 0.504. The molecular weight excluding hydrogens is 260 g/mol. The van der Waals surface area contributed by atoms with Gasteiger partial charge in [0, 0.05) is 12.1 Å². The van der Waals surface area contributed by atoms with Gasteiger partial charge in [0.05, 0.1) is 12.8 Å². The van der Waals surface area contributed by atoms with Crippen LogP contribution in [0.5, 0.6) is 5.75 Å². The number of methoxy groups -OCH3 is 1. The molecule has 0 bridgehead atoms. The molecule has 0 aromatic heterocycles. The van der Waals surface area contributed by atoms with Gasteiger partial charge in [0.1, 0.15) is 11.8 Å². The van der Waals surface area contributed by atoms with E-state index in [0.717, 1.165) is 12.8 Å². The zero-order chi connectivity index (χ0) is 14.7. The molecule has 0 radical (unpaired) electrons. The van der Waals surface area contributed by atoms with E-state index in [2.05, 4.69) is 0 Å². The first kappa shape index (κ1) is 14.2. The molecule has 1 heterocycles. The zero-order valence-corrected chi connectivity index (χ0v) is 11.3. The summed E-state index contributed by atoms with van der Waals surface area (Å²) in [5.41, 5.74) is 6.04. The van der Waals surface area contributed by atoms with Crippen LogP contribution in [0.2, 0.25) is 0 Å². The summed E-state index contributed by atoms with van der Waals surface area (Å²) >= 11 is 0. The van der Waals surface area contributed by atoms with E-state index < -0.39 is 12.0 Å². The largest absolute Gasteiger partial charge is 0.506 e. The molecule has 1 aromatic carbocycles. The number of aromatic hydroxyl groups is 1. The van der Waals surface area contributed by atoms with Crippen LogP contribution < -0.4 is 5.73 Å². The quantitative estimate of drug-likeness (QED) is 0.481. The molecule has 1 unspecified atom stereocenters. The van der Waals surface area contributed by atoms with Crippen molar-refractivity contribution in [3.8, 4) is 5.75 Å². The average molecular weight is 278 g/mol. The molecule has 6 nitrogen and oxygen atoms in total. The number of anilines is 1. The summed E-state index contributed by atoms with van der Waals surface area (Å²) in [6.07, 6.45) is 2.33. The molecule has 3 N–H and O–H groups in total. The van der Waals surface area contributed by atoms with Crippen LogP contribution in [0, 0.1) is 0 Å². The number of nitrogen functional groups attached to an aromatic ring is 1. The number of phenolic OH excluding ortho intramolecular Hbond substituents is 1. The van der Waals surface area contributed by atoms with Crippen LogP contribution in [0.4, 0.5) is 5.69 Å². The van der Waals surface area contributed by atoms with E-state index in [1.54, 1.807) is 6.07 Å². The van der Waals surface area contributed by atoms with Gasteiger partial charge in [0.2, 0.25) is 0 Å². The Labute approximate surface area is 117 Å². The van der Waals surface area contributed by atoms with E-state index in [1.165, 1.54) is 24.1 Å². The molecule has 1 aromatic rings. The second kappa shape index (κ2) is 5.81. The second-order valence-electron chi connectivity index (χ2n) is 4.81. The minimum Gasteiger partial charge on any atom is -0.506 e. The van der Waals surface area contributed by atoms with Crippen LogP contribution in [0.1, 0.15) is 29.6 Å². The van der Waals surface area contributed by atoms with E-state index in [9.17, 15) is 14.7 Å². The topological polar surface area (TPSA) is 92.9 Å². The van der Waals surface area contributed by atoms with Gasteiger partial charge in [-0.1, -0.05) is 0 Å². The van der Waals surface area contributed by atoms with Crippen molar-refractivity contribution >= 4 is 17.6 Å². The van der Waals surface area contributed by atoms with E-state index in [0.29, 0.717) is 18.5 Å². The lowest BCUT2D eigenvalue weighted by molar-refractivity contribution is -0.147. The number of carbonyl (C=O) groups is 2. The Kier molecular flexibility index (Phi) is 4.12. The van der Waals surface area contributed by atoms with Gasteiger partial charge in [-0.05, 0) is 37.5 Å². The lowest BCUT2D eigenvalue weighted by atomic mass is 10.0. The van der Waals surface area contributed by atoms with Crippen LogP contribution >= 0.6 is 0 Å². The number of nitrogens with zero attached hydrogens (tertiary/aromatic N) is 1. The van der Waals surface area contributed by atoms with Crippen LogP contribution in [-0.4, -0.2) is 41.6 Å². The third-order valence-corrected chi connectivity index (χ3v) is 3.51. The number of rotatable bonds is 2. The molecule has 1 aliphatic heterocycles. The number of ether oxygens (including phenoxy) is 1. The second-order valence-corrected chi connectivity index (χ2v) is 4.81. The van der Waals surface area contributed by atoms with Gasteiger partial charge in [-0.15, -0.1) is 0 Å². The van der Waals surface area contributed by atoms with Gasteiger partial charge >= 0.3 is 5.97 Å². The summed E-state index contributed by atoms with van der Waals surface area (Å²) in [4.78, 5) is 25.7. The summed E-state index contributed by atoms with van der Waals surface area (Å²) in [7, 11) is 1.31. The van der Waals surface area contributed by atoms with Crippen molar-refractivity contribution in [3.05, 3.63) is 23.8 Å². The summed E-state index contributed by atoms with van der Waals surface area (Å²) < 4.78 is 4.75. The van der Waals surface area contributed by atoms with Gasteiger partial charge in [-0.2, -0.15) is 0 Å². The molecule has 0 saturated carbocycles. The van der Waals surface area contributed by atoms with E-state index in [1.807, 2.05) is 0 Å². The number of amides is 1. The summed E-state index contributed by atoms with van der Waals surface area (Å²) in [6, 6.07) is 3.78. The molecule has 1 saturated heterocycles. The van der Waals surface area contributed by atoms with Crippen molar-refractivity contribution < 1.29 is 19.4 Å². The van der Waals surface area contributed by atoms with Crippen molar-refractivity contribution in [3.63, 3.8) is 0 Å². The Morgan fingerprint density at radius 2 is 2.15 bits per heavy atom. The Balaban J connectivity index is 2.25. The van der Waals surface area contributed by atoms with Crippen molar-refractivity contribution in [1.82, 2.24) is 4.90 Å². The number of likely N-dealkylation sites (tertiary alicyclic amines) is 1. The molecule has 1 aliphatic rings. The molecule has 1 atom stereocenters. The van der Waals surface area contributed by atoms with Gasteiger partial charge < -0.3 is 20.5 Å². The first-order valence-corrected chi connectivity index (χ1v) is 6.52. The lowest BCUT2D eigenvalue weighted by Gasteiger charge is -2.33. The number of hydrogen-bond acceptors (Lipinski definition) is 5. The minimum atomic E-state index is -0.555. The van der Waals surface area contributed by atoms with Gasteiger partial charge in [0.25, 0.3) is 5.91 Å². The Morgan fingerprint density at radius 1 is 1.40 bits per heavy atom. The van der Waals surface area contributed by atoms with E-state index in [-0.39, 0.29) is 17.3 Å². The standard InChI is InChI=1S/C14H18N2O4/c1-20-14(19)11-4-2-3-7-16(11)13(18)9-5-6-10(15)12(17)8-9/h5-6,8,11,17H,2-4,7,15H2,1H3. The van der Waals surface area contributed by atoms with Gasteiger partial charge in [0.15, 0.2) is 0 Å². The fourth-order valence-electron chi connectivity index (χ4n) is 2.40. The maximum Gasteiger partial charge on any atom is 0.328 e. The first-order valence-electron chi connectivity index (χ1n) is 6.52. The fourth-order valence-corrected chi connectivity index (χ4v) is 2.40. The maximum absolute atomic E-state index is 12.5. The molecule has 1 amide bonds. The molecule has 6 heteroatoms. The molecule has 0 spiro atoms. The number of hydrogen-bond donors (Lipinski definition) is 2. The van der Waals surface area contributed by atoms with Crippen LogP contribution in [-0.2, 0) is 9.53 Å². The normalized spacial score (nSPS) is 18.6. The van der Waals surface area contributed by atoms with Crippen LogP contribution in [0.25, 0.3) is 0 Å². The van der Waals surface area contributed by atoms with Crippen molar-refractivity contribution in [1.29, 1.82) is 0 Å². The third-order valence-electron chi connectivity index (χ3n) is 3.51. The Morgan fingerprint density at radius 3 is 2.80 bits per heavy atom. The third kappa shape index (κ3) is 2.68. The number of nitrogens with two attached hydrogens (primary N) is 1. The van der Waals surface area contributed by atoms with E-state index >= 15 is 0 Å². The van der Waals surface area contributed by atoms with Crippen molar-refractivity contribution in [2.75, 3.05) is 19.4 Å². The molecule has 108 valence electrons. The minimum absolute atomic E-state index is 0.137. The van der Waals surface area contributed by atoms with Gasteiger partial charge in [-0.25, -0.2) is 4.79 Å². The molecule has 1 fully saturated rings. The van der Waals surface area contributed by atoms with E-state index in [4.69, 9.17) is 10.5 Å². The summed E-state index contributed by atoms with van der Waals surface area (Å²) in [5, 5.41) is 9.58. The molecule has 20 heavy (non-hydrogen) atoms. The fraction of sp³-hybridized carbons (Fsp3) is 0.429. The first-order chi connectivity index (χ1) is 9.54. The van der Waals surface area contributed by atoms with Crippen LogP contribution in [0.15, 0.2) is 18.2 Å². The highest BCUT2D eigenvalue weighted by molar-refractivity contribution is 5.97. The average Bonchev–Trinajstić information content (AvgIpc) is 2.48. The monoisotopic (exact) mass is 278 g/mol. The highest BCUT2D eigenvalue weighted by Crippen LogP contribution is 2.25. The highest BCUT2D eigenvalue weighted by Gasteiger charge is 2.33. The Bertz CT molecular complexity index is 530. The predicted octanol–water partition coefficient (Wildman–Crippen LogP) is 1.14. The van der Waals surface area contributed by atoms with Crippen molar-refractivity contribution in [2.45, 2.75) is 25.3 Å². The predicted molar refractivity (Wildman–Crippen MR) is 73.2 cm³/mol. The zero-order valence-electron chi connectivity index (χ0n) is 11.3. The Hall–Kier alpha value is -2.24. The number of carbonyl (C=O) groups excluding carboxylic acids is 2. The SMILES string of the molecule is COC(=O)C1CCCCN1C(=O)c1ccc(N)c(O)c1. The summed E-state index contributed by atoms with van der Waals surface area (Å²) in [5.74, 6) is -0.837. The maximum atomic E-state index is 12.5. The molecule has 0 aliphatic carbocycles. The lowest BCUT2D eigenvalue weighted by Crippen LogP contribution is -2.48. The smallest absolute Gasteiger partial charge is 0.328 e. The molecule has 2 rings (SSSR count). The van der Waals surface area contributed by atoms with Gasteiger partial charge in [-0.3, -0.25) is 4.79 Å². The van der Waals surface area contributed by atoms with Crippen LogP contribution in [0.3, 0.4) is 0 Å². The van der Waals surface area contributed by atoms with Crippen molar-refractivity contribution in [2.24, 2.45) is 0 Å². The number of esters is 1.